The second-order valence-corrected chi connectivity index (χ2v) is 4.50. The molecule has 13 heavy (non-hydrogen) atoms. The van der Waals surface area contributed by atoms with E-state index in [2.05, 4.69) is 18.7 Å². The molecule has 1 fully saturated rings. The van der Waals surface area contributed by atoms with Crippen molar-refractivity contribution in [1.29, 1.82) is 0 Å². The first-order chi connectivity index (χ1) is 6.11. The largest absolute Gasteiger partial charge is 0.393 e. The van der Waals surface area contributed by atoms with Gasteiger partial charge >= 0.3 is 0 Å². The number of rotatable bonds is 3. The maximum absolute atomic E-state index is 9.23. The number of aliphatic hydroxyl groups is 1. The van der Waals surface area contributed by atoms with Gasteiger partial charge in [-0.15, -0.1) is 0 Å². The Labute approximate surface area is 81.9 Å². The lowest BCUT2D eigenvalue weighted by Crippen LogP contribution is -2.44. The zero-order valence-corrected chi connectivity index (χ0v) is 9.16. The molecule has 0 aromatic rings. The van der Waals surface area contributed by atoms with Gasteiger partial charge in [-0.2, -0.15) is 0 Å². The van der Waals surface area contributed by atoms with Gasteiger partial charge in [-0.3, -0.25) is 4.90 Å². The van der Waals surface area contributed by atoms with E-state index in [0.29, 0.717) is 12.1 Å². The molecule has 1 aliphatic rings. The van der Waals surface area contributed by atoms with Gasteiger partial charge in [0.2, 0.25) is 0 Å². The normalized spacial score (nSPS) is 33.2. The van der Waals surface area contributed by atoms with Gasteiger partial charge in [0.1, 0.15) is 0 Å². The molecule has 1 N–H and O–H groups in total. The number of aliphatic hydroxyl groups excluding tert-OH is 1. The van der Waals surface area contributed by atoms with Crippen LogP contribution in [-0.2, 0) is 0 Å². The average molecular weight is 185 g/mol. The van der Waals surface area contributed by atoms with Gasteiger partial charge in [0.25, 0.3) is 0 Å². The van der Waals surface area contributed by atoms with Gasteiger partial charge in [0, 0.05) is 18.6 Å². The Hall–Kier alpha value is -0.0800. The molecule has 0 radical (unpaired) electrons. The Morgan fingerprint density at radius 1 is 1.31 bits per heavy atom. The van der Waals surface area contributed by atoms with Crippen molar-refractivity contribution < 1.29 is 5.11 Å². The molecule has 0 aromatic carbocycles. The van der Waals surface area contributed by atoms with Gasteiger partial charge in [-0.25, -0.2) is 0 Å². The average Bonchev–Trinajstić information content (AvgIpc) is 2.03. The fourth-order valence-electron chi connectivity index (χ4n) is 2.25. The van der Waals surface area contributed by atoms with Crippen LogP contribution in [0.4, 0.5) is 0 Å². The second kappa shape index (κ2) is 4.97. The smallest absolute Gasteiger partial charge is 0.0524 e. The quantitative estimate of drug-likeness (QED) is 0.727. The van der Waals surface area contributed by atoms with E-state index < -0.39 is 0 Å². The first-order valence-corrected chi connectivity index (χ1v) is 5.55. The summed E-state index contributed by atoms with van der Waals surface area (Å²) >= 11 is 0. The molecule has 0 spiro atoms. The highest BCUT2D eigenvalue weighted by molar-refractivity contribution is 4.79. The zero-order valence-electron chi connectivity index (χ0n) is 9.16. The Morgan fingerprint density at radius 2 is 1.85 bits per heavy atom. The molecule has 1 aliphatic heterocycles. The third kappa shape index (κ3) is 3.28. The predicted molar refractivity (Wildman–Crippen MR) is 55.8 cm³/mol. The van der Waals surface area contributed by atoms with E-state index in [-0.39, 0.29) is 6.10 Å². The molecule has 0 amide bonds. The summed E-state index contributed by atoms with van der Waals surface area (Å²) < 4.78 is 0. The van der Waals surface area contributed by atoms with Crippen molar-refractivity contribution in [2.45, 2.75) is 64.6 Å². The molecule has 1 rings (SSSR count). The van der Waals surface area contributed by atoms with E-state index >= 15 is 0 Å². The van der Waals surface area contributed by atoms with Crippen LogP contribution in [0.5, 0.6) is 0 Å². The van der Waals surface area contributed by atoms with Gasteiger partial charge in [0.05, 0.1) is 6.10 Å². The summed E-state index contributed by atoms with van der Waals surface area (Å²) in [5, 5.41) is 9.23. The van der Waals surface area contributed by atoms with Crippen LogP contribution in [-0.4, -0.2) is 34.7 Å². The van der Waals surface area contributed by atoms with E-state index in [1.807, 2.05) is 6.92 Å². The molecule has 1 heterocycles. The first kappa shape index (κ1) is 11.0. The lowest BCUT2D eigenvalue weighted by molar-refractivity contribution is 0.0796. The lowest BCUT2D eigenvalue weighted by Gasteiger charge is -2.39. The summed E-state index contributed by atoms with van der Waals surface area (Å²) in [5.41, 5.74) is 0. The molecule has 1 unspecified atom stereocenters. The van der Waals surface area contributed by atoms with E-state index in [0.717, 1.165) is 13.0 Å². The SMILES string of the molecule is CC(O)CCN1[C@H](C)CCC[C@@H]1C. The van der Waals surface area contributed by atoms with Crippen molar-refractivity contribution in [3.05, 3.63) is 0 Å². The third-order valence-corrected chi connectivity index (χ3v) is 3.18. The summed E-state index contributed by atoms with van der Waals surface area (Å²) in [6.07, 6.45) is 4.78. The first-order valence-electron chi connectivity index (χ1n) is 5.55. The monoisotopic (exact) mass is 185 g/mol. The molecule has 1 saturated heterocycles. The van der Waals surface area contributed by atoms with Crippen LogP contribution in [0.2, 0.25) is 0 Å². The molecule has 0 bridgehead atoms. The number of hydrogen-bond acceptors (Lipinski definition) is 2. The van der Waals surface area contributed by atoms with E-state index in [9.17, 15) is 5.11 Å². The molecular weight excluding hydrogens is 162 g/mol. The van der Waals surface area contributed by atoms with Crippen molar-refractivity contribution in [2.75, 3.05) is 6.54 Å². The highest BCUT2D eigenvalue weighted by Crippen LogP contribution is 2.22. The van der Waals surface area contributed by atoms with Crippen LogP contribution in [0.1, 0.15) is 46.5 Å². The molecule has 3 atom stereocenters. The Morgan fingerprint density at radius 3 is 2.31 bits per heavy atom. The van der Waals surface area contributed by atoms with Crippen molar-refractivity contribution >= 4 is 0 Å². The maximum Gasteiger partial charge on any atom is 0.0524 e. The Kier molecular flexibility index (Phi) is 4.20. The van der Waals surface area contributed by atoms with Crippen molar-refractivity contribution in [2.24, 2.45) is 0 Å². The molecule has 2 nitrogen and oxygen atoms in total. The summed E-state index contributed by atoms with van der Waals surface area (Å²) in [4.78, 5) is 2.54. The number of nitrogens with zero attached hydrogens (tertiary/aromatic N) is 1. The van der Waals surface area contributed by atoms with Gasteiger partial charge in [-0.1, -0.05) is 6.42 Å². The van der Waals surface area contributed by atoms with E-state index in [1.54, 1.807) is 0 Å². The van der Waals surface area contributed by atoms with Crippen LogP contribution in [0.25, 0.3) is 0 Å². The van der Waals surface area contributed by atoms with Crippen LogP contribution >= 0.6 is 0 Å². The molecule has 0 aromatic heterocycles. The predicted octanol–water partition coefficient (Wildman–Crippen LogP) is 2.02. The molecule has 0 aliphatic carbocycles. The zero-order chi connectivity index (χ0) is 9.84. The van der Waals surface area contributed by atoms with Crippen LogP contribution in [0, 0.1) is 0 Å². The number of hydrogen-bond donors (Lipinski definition) is 1. The van der Waals surface area contributed by atoms with Crippen LogP contribution < -0.4 is 0 Å². The summed E-state index contributed by atoms with van der Waals surface area (Å²) in [6.45, 7) is 7.54. The van der Waals surface area contributed by atoms with Crippen molar-refractivity contribution in [3.63, 3.8) is 0 Å². The maximum atomic E-state index is 9.23. The Balaban J connectivity index is 2.35. The summed E-state index contributed by atoms with van der Waals surface area (Å²) in [7, 11) is 0. The fraction of sp³-hybridized carbons (Fsp3) is 1.00. The van der Waals surface area contributed by atoms with E-state index in [1.165, 1.54) is 19.3 Å². The molecule has 78 valence electrons. The minimum Gasteiger partial charge on any atom is -0.393 e. The van der Waals surface area contributed by atoms with Gasteiger partial charge < -0.3 is 5.11 Å². The summed E-state index contributed by atoms with van der Waals surface area (Å²) in [5.74, 6) is 0. The molecule has 2 heteroatoms. The third-order valence-electron chi connectivity index (χ3n) is 3.18. The molecular formula is C11H23NO. The van der Waals surface area contributed by atoms with Crippen LogP contribution in [0.3, 0.4) is 0 Å². The van der Waals surface area contributed by atoms with Crippen molar-refractivity contribution in [1.82, 2.24) is 4.90 Å². The second-order valence-electron chi connectivity index (χ2n) is 4.50. The number of likely N-dealkylation sites (tertiary alicyclic amines) is 1. The minimum atomic E-state index is -0.152. The van der Waals surface area contributed by atoms with Gasteiger partial charge in [0.15, 0.2) is 0 Å². The number of piperidine rings is 1. The van der Waals surface area contributed by atoms with Crippen LogP contribution in [0.15, 0.2) is 0 Å². The lowest BCUT2D eigenvalue weighted by atomic mass is 9.97. The standard InChI is InChI=1S/C11H23NO/c1-9-5-4-6-10(2)12(9)8-7-11(3)13/h9-11,13H,4-8H2,1-3H3/t9-,10+,11?. The Bertz CT molecular complexity index is 137. The van der Waals surface area contributed by atoms with E-state index in [4.69, 9.17) is 0 Å². The van der Waals surface area contributed by atoms with Crippen molar-refractivity contribution in [3.8, 4) is 0 Å². The highest BCUT2D eigenvalue weighted by Gasteiger charge is 2.23. The minimum absolute atomic E-state index is 0.152. The highest BCUT2D eigenvalue weighted by atomic mass is 16.3. The summed E-state index contributed by atoms with van der Waals surface area (Å²) in [6, 6.07) is 1.42. The van der Waals surface area contributed by atoms with Gasteiger partial charge in [-0.05, 0) is 40.0 Å². The fourth-order valence-corrected chi connectivity index (χ4v) is 2.25. The molecule has 0 saturated carbocycles. The topological polar surface area (TPSA) is 23.5 Å².